The van der Waals surface area contributed by atoms with Crippen molar-refractivity contribution < 1.29 is 9.59 Å². The second-order valence-corrected chi connectivity index (χ2v) is 5.95. The maximum absolute atomic E-state index is 12.0. The van der Waals surface area contributed by atoms with Crippen LogP contribution in [0.25, 0.3) is 0 Å². The molecule has 1 aromatic rings. The number of carbonyl (C=O) groups is 2. The van der Waals surface area contributed by atoms with E-state index in [1.807, 2.05) is 12.1 Å². The summed E-state index contributed by atoms with van der Waals surface area (Å²) < 4.78 is 0. The number of hydrogen-bond donors (Lipinski definition) is 1. The third kappa shape index (κ3) is 3.35. The van der Waals surface area contributed by atoms with Crippen LogP contribution in [0.4, 0.5) is 0 Å². The standard InChI is InChI=1S/C15H18ClNO2/c1-9(2)7-13-12(8-14(18)17-15(13)19)10-3-5-11(16)6-4-10/h3-6,9,12-13H,7-8H2,1-2H3,(H,17,18,19). The average molecular weight is 280 g/mol. The quantitative estimate of drug-likeness (QED) is 0.864. The molecule has 19 heavy (non-hydrogen) atoms. The zero-order valence-corrected chi connectivity index (χ0v) is 11.9. The highest BCUT2D eigenvalue weighted by Gasteiger charge is 2.36. The van der Waals surface area contributed by atoms with Gasteiger partial charge in [-0.3, -0.25) is 14.9 Å². The SMILES string of the molecule is CC(C)CC1C(=O)NC(=O)CC1c1ccc(Cl)cc1. The van der Waals surface area contributed by atoms with Crippen molar-refractivity contribution in [2.24, 2.45) is 11.8 Å². The van der Waals surface area contributed by atoms with E-state index in [-0.39, 0.29) is 23.7 Å². The Morgan fingerprint density at radius 3 is 2.47 bits per heavy atom. The van der Waals surface area contributed by atoms with Gasteiger partial charge in [0, 0.05) is 23.3 Å². The minimum Gasteiger partial charge on any atom is -0.296 e. The van der Waals surface area contributed by atoms with E-state index in [1.165, 1.54) is 0 Å². The summed E-state index contributed by atoms with van der Waals surface area (Å²) in [6.45, 7) is 4.17. The molecule has 1 saturated heterocycles. The van der Waals surface area contributed by atoms with E-state index in [0.29, 0.717) is 17.4 Å². The monoisotopic (exact) mass is 279 g/mol. The Morgan fingerprint density at radius 1 is 1.26 bits per heavy atom. The van der Waals surface area contributed by atoms with Gasteiger partial charge in [0.05, 0.1) is 0 Å². The summed E-state index contributed by atoms with van der Waals surface area (Å²) in [5, 5.41) is 3.10. The number of hydrogen-bond acceptors (Lipinski definition) is 2. The van der Waals surface area contributed by atoms with E-state index in [1.54, 1.807) is 12.1 Å². The fourth-order valence-electron chi connectivity index (χ4n) is 2.65. The molecule has 2 amide bonds. The first-order valence-electron chi connectivity index (χ1n) is 6.56. The molecule has 1 aromatic carbocycles. The van der Waals surface area contributed by atoms with Crippen molar-refractivity contribution in [3.05, 3.63) is 34.9 Å². The Bertz CT molecular complexity index is 481. The van der Waals surface area contributed by atoms with E-state index < -0.39 is 0 Å². The van der Waals surface area contributed by atoms with Gasteiger partial charge in [0.25, 0.3) is 0 Å². The molecule has 1 aliphatic heterocycles. The number of imide groups is 1. The van der Waals surface area contributed by atoms with Crippen LogP contribution in [0, 0.1) is 11.8 Å². The molecule has 1 heterocycles. The van der Waals surface area contributed by atoms with E-state index in [9.17, 15) is 9.59 Å². The van der Waals surface area contributed by atoms with Crippen LogP contribution in [-0.4, -0.2) is 11.8 Å². The first-order valence-corrected chi connectivity index (χ1v) is 6.94. The summed E-state index contributed by atoms with van der Waals surface area (Å²) in [6.07, 6.45) is 1.15. The summed E-state index contributed by atoms with van der Waals surface area (Å²) in [7, 11) is 0. The van der Waals surface area contributed by atoms with Gasteiger partial charge in [-0.25, -0.2) is 0 Å². The van der Waals surface area contributed by atoms with Gasteiger partial charge in [0.15, 0.2) is 0 Å². The lowest BCUT2D eigenvalue weighted by molar-refractivity contribution is -0.137. The van der Waals surface area contributed by atoms with Gasteiger partial charge in [0.2, 0.25) is 11.8 Å². The van der Waals surface area contributed by atoms with Crippen LogP contribution in [0.15, 0.2) is 24.3 Å². The van der Waals surface area contributed by atoms with Crippen molar-refractivity contribution in [3.63, 3.8) is 0 Å². The maximum atomic E-state index is 12.0. The largest absolute Gasteiger partial charge is 0.296 e. The molecule has 102 valence electrons. The smallest absolute Gasteiger partial charge is 0.230 e. The fourth-order valence-corrected chi connectivity index (χ4v) is 2.77. The molecule has 2 rings (SSSR count). The summed E-state index contributed by atoms with van der Waals surface area (Å²) in [5.41, 5.74) is 1.01. The Labute approximate surface area is 118 Å². The molecular formula is C15H18ClNO2. The summed E-state index contributed by atoms with van der Waals surface area (Å²) in [6, 6.07) is 7.43. The molecule has 3 nitrogen and oxygen atoms in total. The van der Waals surface area contributed by atoms with Crippen LogP contribution in [0.3, 0.4) is 0 Å². The minimum atomic E-state index is -0.190. The number of piperidine rings is 1. The van der Waals surface area contributed by atoms with E-state index >= 15 is 0 Å². The molecule has 0 spiro atoms. The molecule has 0 bridgehead atoms. The number of carbonyl (C=O) groups excluding carboxylic acids is 2. The van der Waals surface area contributed by atoms with Crippen LogP contribution < -0.4 is 5.32 Å². The Morgan fingerprint density at radius 2 is 1.89 bits per heavy atom. The number of rotatable bonds is 3. The summed E-state index contributed by atoms with van der Waals surface area (Å²) in [4.78, 5) is 23.6. The maximum Gasteiger partial charge on any atom is 0.230 e. The van der Waals surface area contributed by atoms with Gasteiger partial charge < -0.3 is 0 Å². The second-order valence-electron chi connectivity index (χ2n) is 5.51. The molecule has 0 radical (unpaired) electrons. The fraction of sp³-hybridized carbons (Fsp3) is 0.467. The van der Waals surface area contributed by atoms with Crippen LogP contribution in [-0.2, 0) is 9.59 Å². The van der Waals surface area contributed by atoms with Crippen LogP contribution in [0.5, 0.6) is 0 Å². The zero-order valence-electron chi connectivity index (χ0n) is 11.2. The summed E-state index contributed by atoms with van der Waals surface area (Å²) in [5.74, 6) is -0.103. The van der Waals surface area contributed by atoms with Crippen LogP contribution >= 0.6 is 11.6 Å². The highest BCUT2D eigenvalue weighted by atomic mass is 35.5. The molecule has 0 aromatic heterocycles. The van der Waals surface area contributed by atoms with Gasteiger partial charge in [-0.05, 0) is 30.0 Å². The predicted octanol–water partition coefficient (Wildman–Crippen LogP) is 3.13. The molecule has 1 aliphatic rings. The van der Waals surface area contributed by atoms with Crippen molar-refractivity contribution in [2.75, 3.05) is 0 Å². The van der Waals surface area contributed by atoms with Gasteiger partial charge in [0.1, 0.15) is 0 Å². The lowest BCUT2D eigenvalue weighted by Crippen LogP contribution is -2.45. The summed E-state index contributed by atoms with van der Waals surface area (Å²) >= 11 is 5.88. The zero-order chi connectivity index (χ0) is 14.0. The van der Waals surface area contributed by atoms with Crippen molar-refractivity contribution in [1.82, 2.24) is 5.32 Å². The molecule has 0 saturated carbocycles. The lowest BCUT2D eigenvalue weighted by Gasteiger charge is -2.31. The lowest BCUT2D eigenvalue weighted by atomic mass is 9.76. The van der Waals surface area contributed by atoms with Crippen LogP contribution in [0.1, 0.15) is 38.2 Å². The molecule has 2 unspecified atom stereocenters. The van der Waals surface area contributed by atoms with Crippen molar-refractivity contribution >= 4 is 23.4 Å². The third-order valence-corrected chi connectivity index (χ3v) is 3.77. The molecule has 1 fully saturated rings. The average Bonchev–Trinajstić information content (AvgIpc) is 2.33. The first kappa shape index (κ1) is 14.1. The Hall–Kier alpha value is -1.35. The van der Waals surface area contributed by atoms with Crippen molar-refractivity contribution in [1.29, 1.82) is 0 Å². The van der Waals surface area contributed by atoms with Crippen LogP contribution in [0.2, 0.25) is 5.02 Å². The van der Waals surface area contributed by atoms with Gasteiger partial charge in [-0.1, -0.05) is 37.6 Å². The van der Waals surface area contributed by atoms with Gasteiger partial charge in [-0.2, -0.15) is 0 Å². The first-order chi connectivity index (χ1) is 8.97. The van der Waals surface area contributed by atoms with Crippen molar-refractivity contribution in [2.45, 2.75) is 32.6 Å². The Kier molecular flexibility index (Phi) is 4.25. The van der Waals surface area contributed by atoms with E-state index in [4.69, 9.17) is 11.6 Å². The highest BCUT2D eigenvalue weighted by Crippen LogP contribution is 2.35. The molecule has 2 atom stereocenters. The third-order valence-electron chi connectivity index (χ3n) is 3.51. The minimum absolute atomic E-state index is 0.0408. The number of amides is 2. The Balaban J connectivity index is 2.29. The van der Waals surface area contributed by atoms with E-state index in [2.05, 4.69) is 19.2 Å². The number of halogens is 1. The van der Waals surface area contributed by atoms with Gasteiger partial charge in [-0.15, -0.1) is 0 Å². The predicted molar refractivity (Wildman–Crippen MR) is 74.9 cm³/mol. The van der Waals surface area contributed by atoms with E-state index in [0.717, 1.165) is 12.0 Å². The van der Waals surface area contributed by atoms with Crippen molar-refractivity contribution in [3.8, 4) is 0 Å². The number of benzene rings is 1. The molecule has 4 heteroatoms. The normalized spacial score (nSPS) is 23.6. The second kappa shape index (κ2) is 5.74. The highest BCUT2D eigenvalue weighted by molar-refractivity contribution is 6.30. The molecule has 0 aliphatic carbocycles. The van der Waals surface area contributed by atoms with Gasteiger partial charge >= 0.3 is 0 Å². The number of nitrogens with one attached hydrogen (secondary N) is 1. The molecular weight excluding hydrogens is 262 g/mol. The molecule has 1 N–H and O–H groups in total. The topological polar surface area (TPSA) is 46.2 Å².